The Balaban J connectivity index is 1.98. The Hall–Kier alpha value is -0.120. The quantitative estimate of drug-likeness (QED) is 0.834. The number of hydrogen-bond donors (Lipinski definition) is 1. The molecule has 2 rings (SSSR count). The summed E-state index contributed by atoms with van der Waals surface area (Å²) in [5.41, 5.74) is 6.43. The molecule has 1 heterocycles. The van der Waals surface area contributed by atoms with E-state index in [0.29, 0.717) is 0 Å². The van der Waals surface area contributed by atoms with Crippen molar-refractivity contribution in [1.29, 1.82) is 0 Å². The van der Waals surface area contributed by atoms with Crippen molar-refractivity contribution in [2.75, 3.05) is 33.7 Å². The first-order valence-electron chi connectivity index (χ1n) is 7.69. The van der Waals surface area contributed by atoms with Gasteiger partial charge < -0.3 is 10.6 Å². The summed E-state index contributed by atoms with van der Waals surface area (Å²) in [5, 5.41) is 0. The zero-order valence-corrected chi connectivity index (χ0v) is 12.5. The lowest BCUT2D eigenvalue weighted by atomic mass is 9.80. The van der Waals surface area contributed by atoms with Crippen molar-refractivity contribution in [2.45, 2.75) is 57.0 Å². The van der Waals surface area contributed by atoms with Crippen molar-refractivity contribution in [2.24, 2.45) is 11.7 Å². The van der Waals surface area contributed by atoms with Crippen LogP contribution in [0.3, 0.4) is 0 Å². The Morgan fingerprint density at radius 2 is 1.72 bits per heavy atom. The van der Waals surface area contributed by atoms with Crippen LogP contribution in [0, 0.1) is 5.92 Å². The summed E-state index contributed by atoms with van der Waals surface area (Å²) in [6.45, 7) is 5.61. The molecule has 0 amide bonds. The van der Waals surface area contributed by atoms with Crippen LogP contribution in [0.15, 0.2) is 0 Å². The van der Waals surface area contributed by atoms with E-state index in [1.54, 1.807) is 0 Å². The van der Waals surface area contributed by atoms with Gasteiger partial charge in [-0.05, 0) is 71.6 Å². The van der Waals surface area contributed by atoms with Crippen molar-refractivity contribution in [1.82, 2.24) is 9.80 Å². The smallest absolute Gasteiger partial charge is 0.0355 e. The maximum atomic E-state index is 6.16. The molecule has 1 aliphatic heterocycles. The predicted molar refractivity (Wildman–Crippen MR) is 77.7 cm³/mol. The Morgan fingerprint density at radius 1 is 1.17 bits per heavy atom. The molecule has 1 saturated carbocycles. The first kappa shape index (κ1) is 14.3. The molecule has 18 heavy (non-hydrogen) atoms. The van der Waals surface area contributed by atoms with Crippen LogP contribution >= 0.6 is 0 Å². The number of rotatable bonds is 3. The lowest BCUT2D eigenvalue weighted by Gasteiger charge is -2.50. The van der Waals surface area contributed by atoms with Gasteiger partial charge in [0.05, 0.1) is 0 Å². The van der Waals surface area contributed by atoms with Gasteiger partial charge in [0.15, 0.2) is 0 Å². The molecule has 3 nitrogen and oxygen atoms in total. The molecule has 0 atom stereocenters. The molecule has 0 radical (unpaired) electrons. The van der Waals surface area contributed by atoms with E-state index in [1.807, 2.05) is 0 Å². The molecule has 106 valence electrons. The van der Waals surface area contributed by atoms with Gasteiger partial charge in [-0.3, -0.25) is 4.90 Å². The second-order valence-electron chi connectivity index (χ2n) is 6.76. The van der Waals surface area contributed by atoms with E-state index in [-0.39, 0.29) is 5.54 Å². The lowest BCUT2D eigenvalue weighted by molar-refractivity contribution is 0.00699. The van der Waals surface area contributed by atoms with Crippen molar-refractivity contribution in [3.05, 3.63) is 0 Å². The molecular formula is C15H31N3. The second kappa shape index (κ2) is 5.89. The highest BCUT2D eigenvalue weighted by Gasteiger charge is 2.39. The third-order valence-corrected chi connectivity index (χ3v) is 5.58. The van der Waals surface area contributed by atoms with Gasteiger partial charge in [-0.15, -0.1) is 0 Å². The topological polar surface area (TPSA) is 32.5 Å². The first-order valence-corrected chi connectivity index (χ1v) is 7.69. The monoisotopic (exact) mass is 253 g/mol. The van der Waals surface area contributed by atoms with Gasteiger partial charge in [0.2, 0.25) is 0 Å². The number of nitrogens with two attached hydrogens (primary N) is 1. The largest absolute Gasteiger partial charge is 0.329 e. The van der Waals surface area contributed by atoms with Crippen LogP contribution in [0.2, 0.25) is 0 Å². The minimum absolute atomic E-state index is 0.276. The molecule has 2 fully saturated rings. The van der Waals surface area contributed by atoms with E-state index < -0.39 is 0 Å². The molecule has 0 aromatic carbocycles. The fourth-order valence-electron chi connectivity index (χ4n) is 3.75. The normalized spacial score (nSPS) is 33.8. The molecule has 3 heteroatoms. The van der Waals surface area contributed by atoms with Crippen LogP contribution < -0.4 is 5.73 Å². The average molecular weight is 253 g/mol. The first-order chi connectivity index (χ1) is 8.57. The highest BCUT2D eigenvalue weighted by atomic mass is 15.2. The Morgan fingerprint density at radius 3 is 2.22 bits per heavy atom. The minimum Gasteiger partial charge on any atom is -0.329 e. The molecule has 0 aromatic rings. The van der Waals surface area contributed by atoms with E-state index in [4.69, 9.17) is 5.73 Å². The fourth-order valence-corrected chi connectivity index (χ4v) is 3.75. The van der Waals surface area contributed by atoms with Gasteiger partial charge in [-0.25, -0.2) is 0 Å². The lowest BCUT2D eigenvalue weighted by Crippen LogP contribution is -2.60. The van der Waals surface area contributed by atoms with Gasteiger partial charge in [-0.2, -0.15) is 0 Å². The molecule has 2 aliphatic rings. The maximum Gasteiger partial charge on any atom is 0.0355 e. The molecule has 1 aliphatic carbocycles. The van der Waals surface area contributed by atoms with Crippen LogP contribution in [0.5, 0.6) is 0 Å². The van der Waals surface area contributed by atoms with E-state index in [9.17, 15) is 0 Å². The summed E-state index contributed by atoms with van der Waals surface area (Å²) in [7, 11) is 4.56. The Labute approximate surface area is 113 Å². The van der Waals surface area contributed by atoms with Crippen LogP contribution in [0.4, 0.5) is 0 Å². The van der Waals surface area contributed by atoms with Crippen LogP contribution in [-0.2, 0) is 0 Å². The van der Waals surface area contributed by atoms with Gasteiger partial charge >= 0.3 is 0 Å². The number of likely N-dealkylation sites (tertiary alicyclic amines) is 1. The van der Waals surface area contributed by atoms with Crippen molar-refractivity contribution in [3.63, 3.8) is 0 Å². The van der Waals surface area contributed by atoms with Crippen LogP contribution in [-0.4, -0.2) is 55.1 Å². The number of likely N-dealkylation sites (N-methyl/N-ethyl adjacent to an activating group) is 1. The summed E-state index contributed by atoms with van der Waals surface area (Å²) < 4.78 is 0. The zero-order chi connectivity index (χ0) is 13.2. The summed E-state index contributed by atoms with van der Waals surface area (Å²) >= 11 is 0. The molecule has 0 spiro atoms. The van der Waals surface area contributed by atoms with Crippen molar-refractivity contribution < 1.29 is 0 Å². The molecule has 0 aromatic heterocycles. The van der Waals surface area contributed by atoms with Crippen LogP contribution in [0.1, 0.15) is 45.4 Å². The van der Waals surface area contributed by atoms with Gasteiger partial charge in [0.1, 0.15) is 0 Å². The van der Waals surface area contributed by atoms with E-state index in [2.05, 4.69) is 30.8 Å². The van der Waals surface area contributed by atoms with Gasteiger partial charge in [0.25, 0.3) is 0 Å². The fraction of sp³-hybridized carbons (Fsp3) is 1.00. The predicted octanol–water partition coefficient (Wildman–Crippen LogP) is 1.92. The maximum absolute atomic E-state index is 6.16. The standard InChI is InChI=1S/C15H31N3/c1-13-4-6-14(7-5-13)18(3)15(12-16)8-10-17(2)11-9-15/h13-14H,4-12,16H2,1-3H3. The number of piperidine rings is 1. The SMILES string of the molecule is CC1CCC(N(C)C2(CN)CCN(C)CC2)CC1. The number of hydrogen-bond acceptors (Lipinski definition) is 3. The summed E-state index contributed by atoms with van der Waals surface area (Å²) in [5.74, 6) is 0.931. The van der Waals surface area contributed by atoms with E-state index >= 15 is 0 Å². The molecule has 1 saturated heterocycles. The summed E-state index contributed by atoms with van der Waals surface area (Å²) in [6, 6.07) is 0.771. The van der Waals surface area contributed by atoms with E-state index in [1.165, 1.54) is 51.6 Å². The summed E-state index contributed by atoms with van der Waals surface area (Å²) in [4.78, 5) is 5.09. The van der Waals surface area contributed by atoms with E-state index in [0.717, 1.165) is 18.5 Å². The van der Waals surface area contributed by atoms with Crippen molar-refractivity contribution >= 4 is 0 Å². The Bertz CT molecular complexity index is 250. The summed E-state index contributed by atoms with van der Waals surface area (Å²) in [6.07, 6.45) is 8.01. The Kier molecular flexibility index (Phi) is 4.68. The molecule has 0 bridgehead atoms. The second-order valence-corrected chi connectivity index (χ2v) is 6.76. The van der Waals surface area contributed by atoms with Gasteiger partial charge in [0, 0.05) is 18.1 Å². The highest BCUT2D eigenvalue weighted by Crippen LogP contribution is 2.34. The van der Waals surface area contributed by atoms with Crippen molar-refractivity contribution in [3.8, 4) is 0 Å². The highest BCUT2D eigenvalue weighted by molar-refractivity contribution is 4.97. The molecule has 2 N–H and O–H groups in total. The molecule has 0 unspecified atom stereocenters. The molecular weight excluding hydrogens is 222 g/mol. The van der Waals surface area contributed by atoms with Gasteiger partial charge in [-0.1, -0.05) is 6.92 Å². The average Bonchev–Trinajstić information content (AvgIpc) is 2.40. The van der Waals surface area contributed by atoms with Crippen LogP contribution in [0.25, 0.3) is 0 Å². The zero-order valence-electron chi connectivity index (χ0n) is 12.5. The third-order valence-electron chi connectivity index (χ3n) is 5.58. The number of nitrogens with zero attached hydrogens (tertiary/aromatic N) is 2. The third kappa shape index (κ3) is 2.89. The minimum atomic E-state index is 0.276.